The van der Waals surface area contributed by atoms with Crippen molar-refractivity contribution in [1.82, 2.24) is 20.6 Å². The van der Waals surface area contributed by atoms with Gasteiger partial charge in [0, 0.05) is 25.3 Å². The molecule has 0 bridgehead atoms. The number of hydrogen-bond acceptors (Lipinski definition) is 5. The third-order valence-electron chi connectivity index (χ3n) is 3.99. The van der Waals surface area contributed by atoms with Gasteiger partial charge in [-0.05, 0) is 38.7 Å². The number of alkyl halides is 3. The number of rotatable bonds is 6. The van der Waals surface area contributed by atoms with Crippen LogP contribution in [-0.4, -0.2) is 52.8 Å². The smallest absolute Gasteiger partial charge is 0.393 e. The quantitative estimate of drug-likeness (QED) is 0.207. The highest BCUT2D eigenvalue weighted by Gasteiger charge is 2.32. The normalized spacial score (nSPS) is 20.6. The lowest BCUT2D eigenvalue weighted by atomic mass is 9.93. The summed E-state index contributed by atoms with van der Waals surface area (Å²) in [6.45, 7) is 3.31. The van der Waals surface area contributed by atoms with Gasteiger partial charge >= 0.3 is 6.18 Å². The lowest BCUT2D eigenvalue weighted by Gasteiger charge is -2.27. The molecule has 1 heterocycles. The van der Waals surface area contributed by atoms with Gasteiger partial charge in [0.1, 0.15) is 5.69 Å². The molecule has 2 rings (SSSR count). The number of halogens is 4. The predicted molar refractivity (Wildman–Crippen MR) is 108 cm³/mol. The molecule has 0 aromatic carbocycles. The Balaban J connectivity index is 0.00000364. The van der Waals surface area contributed by atoms with Crippen LogP contribution in [0.3, 0.4) is 0 Å². The maximum Gasteiger partial charge on any atom is 0.433 e. The number of hydrogen-bond donors (Lipinski definition) is 4. The van der Waals surface area contributed by atoms with Crippen molar-refractivity contribution in [2.24, 2.45) is 4.99 Å². The number of nitrogens with zero attached hydrogens (tertiary/aromatic N) is 3. The Kier molecular flexibility index (Phi) is 10.1. The first kappa shape index (κ1) is 23.7. The topological polar surface area (TPSA) is 94.5 Å². The maximum atomic E-state index is 12.6. The Morgan fingerprint density at radius 2 is 2.00 bits per heavy atom. The van der Waals surface area contributed by atoms with Crippen LogP contribution in [0.5, 0.6) is 0 Å². The summed E-state index contributed by atoms with van der Waals surface area (Å²) in [6.07, 6.45) is -0.345. The van der Waals surface area contributed by atoms with Crippen molar-refractivity contribution >= 4 is 35.9 Å². The van der Waals surface area contributed by atoms with Crippen LogP contribution in [0.4, 0.5) is 19.1 Å². The zero-order chi connectivity index (χ0) is 19.0. The van der Waals surface area contributed by atoms with Crippen LogP contribution in [0, 0.1) is 0 Å². The highest BCUT2D eigenvalue weighted by Crippen LogP contribution is 2.27. The van der Waals surface area contributed by atoms with Gasteiger partial charge in [0.05, 0.1) is 12.6 Å². The third kappa shape index (κ3) is 8.45. The Morgan fingerprint density at radius 3 is 2.63 bits per heavy atom. The Morgan fingerprint density at radius 1 is 1.30 bits per heavy atom. The molecule has 0 atom stereocenters. The van der Waals surface area contributed by atoms with Crippen LogP contribution in [0.25, 0.3) is 0 Å². The van der Waals surface area contributed by atoms with Crippen molar-refractivity contribution in [2.75, 3.05) is 25.0 Å². The van der Waals surface area contributed by atoms with Gasteiger partial charge in [-0.1, -0.05) is 0 Å². The minimum Gasteiger partial charge on any atom is -0.393 e. The van der Waals surface area contributed by atoms with E-state index in [2.05, 4.69) is 30.9 Å². The molecule has 11 heteroatoms. The molecule has 0 radical (unpaired) electrons. The number of aliphatic hydroxyl groups is 1. The molecule has 0 aliphatic heterocycles. The molecule has 4 N–H and O–H groups in total. The minimum absolute atomic E-state index is 0. The molecule has 1 saturated carbocycles. The highest BCUT2D eigenvalue weighted by atomic mass is 127. The van der Waals surface area contributed by atoms with Crippen molar-refractivity contribution in [1.29, 1.82) is 0 Å². The molecule has 0 saturated heterocycles. The first-order valence-electron chi connectivity index (χ1n) is 8.75. The number of guanidine groups is 1. The van der Waals surface area contributed by atoms with Crippen molar-refractivity contribution < 1.29 is 18.3 Å². The number of anilines is 1. The van der Waals surface area contributed by atoms with Gasteiger partial charge in [-0.2, -0.15) is 13.2 Å². The molecule has 1 aromatic rings. The van der Waals surface area contributed by atoms with E-state index in [-0.39, 0.29) is 42.1 Å². The summed E-state index contributed by atoms with van der Waals surface area (Å²) >= 11 is 0. The van der Waals surface area contributed by atoms with Crippen LogP contribution < -0.4 is 16.0 Å². The molecule has 1 aliphatic carbocycles. The van der Waals surface area contributed by atoms with Crippen molar-refractivity contribution in [3.8, 4) is 0 Å². The van der Waals surface area contributed by atoms with E-state index < -0.39 is 11.9 Å². The monoisotopic (exact) mass is 502 g/mol. The second-order valence-corrected chi connectivity index (χ2v) is 6.10. The summed E-state index contributed by atoms with van der Waals surface area (Å²) in [6, 6.07) is 1.09. The van der Waals surface area contributed by atoms with Crippen LogP contribution >= 0.6 is 24.0 Å². The summed E-state index contributed by atoms with van der Waals surface area (Å²) in [5, 5.41) is 18.8. The minimum atomic E-state index is -4.49. The van der Waals surface area contributed by atoms with Crippen LogP contribution in [0.15, 0.2) is 17.3 Å². The third-order valence-corrected chi connectivity index (χ3v) is 3.99. The molecule has 1 fully saturated rings. The van der Waals surface area contributed by atoms with Gasteiger partial charge in [0.2, 0.25) is 5.95 Å². The molecule has 154 valence electrons. The summed E-state index contributed by atoms with van der Waals surface area (Å²) in [7, 11) is 0. The molecule has 7 nitrogen and oxygen atoms in total. The van der Waals surface area contributed by atoms with Crippen LogP contribution in [0.2, 0.25) is 0 Å². The van der Waals surface area contributed by atoms with Gasteiger partial charge in [-0.25, -0.2) is 9.97 Å². The number of aliphatic imine (C=N–C) groups is 1. The SMILES string of the molecule is CCNC(=NCCNc1nccc(C(F)(F)F)n1)NC1CCC(O)CC1.I. The molecule has 27 heavy (non-hydrogen) atoms. The first-order valence-corrected chi connectivity index (χ1v) is 8.75. The van der Waals surface area contributed by atoms with E-state index in [1.54, 1.807) is 0 Å². The van der Waals surface area contributed by atoms with Gasteiger partial charge < -0.3 is 21.1 Å². The van der Waals surface area contributed by atoms with E-state index in [1.807, 2.05) is 6.92 Å². The predicted octanol–water partition coefficient (Wildman–Crippen LogP) is 2.38. The number of aliphatic hydroxyl groups excluding tert-OH is 1. The zero-order valence-electron chi connectivity index (χ0n) is 15.1. The fourth-order valence-electron chi connectivity index (χ4n) is 2.67. The Bertz CT molecular complexity index is 594. The van der Waals surface area contributed by atoms with Crippen molar-refractivity contribution in [2.45, 2.75) is 50.9 Å². The second kappa shape index (κ2) is 11.5. The summed E-state index contributed by atoms with van der Waals surface area (Å²) in [5.74, 6) is 0.579. The Hall–Kier alpha value is -1.37. The standard InChI is InChI=1S/C16H25F3N6O.HI/c1-2-20-14(24-11-3-5-12(26)6-4-11)22-9-10-23-15-21-8-7-13(25-15)16(17,18)19;/h7-8,11-12,26H,2-6,9-10H2,1H3,(H2,20,22,24)(H,21,23,25);1H. The second-order valence-electron chi connectivity index (χ2n) is 6.10. The van der Waals surface area contributed by atoms with Gasteiger partial charge in [0.15, 0.2) is 5.96 Å². The molecule has 0 amide bonds. The summed E-state index contributed by atoms with van der Waals surface area (Å²) in [4.78, 5) is 11.6. The van der Waals surface area contributed by atoms with Crippen LogP contribution in [-0.2, 0) is 6.18 Å². The van der Waals surface area contributed by atoms with Crippen molar-refractivity contribution in [3.63, 3.8) is 0 Å². The lowest BCUT2D eigenvalue weighted by Crippen LogP contribution is -2.45. The average Bonchev–Trinajstić information content (AvgIpc) is 2.60. The maximum absolute atomic E-state index is 12.6. The fourth-order valence-corrected chi connectivity index (χ4v) is 2.67. The van der Waals surface area contributed by atoms with E-state index >= 15 is 0 Å². The Labute approximate surface area is 173 Å². The fraction of sp³-hybridized carbons (Fsp3) is 0.688. The van der Waals surface area contributed by atoms with Crippen LogP contribution in [0.1, 0.15) is 38.3 Å². The van der Waals surface area contributed by atoms with E-state index in [9.17, 15) is 18.3 Å². The van der Waals surface area contributed by atoms with Gasteiger partial charge in [-0.3, -0.25) is 4.99 Å². The molecular weight excluding hydrogens is 476 g/mol. The summed E-state index contributed by atoms with van der Waals surface area (Å²) in [5.41, 5.74) is -0.979. The number of nitrogens with one attached hydrogen (secondary N) is 3. The molecular formula is C16H26F3IN6O. The van der Waals surface area contributed by atoms with Gasteiger partial charge in [0.25, 0.3) is 0 Å². The van der Waals surface area contributed by atoms with Gasteiger partial charge in [-0.15, -0.1) is 24.0 Å². The summed E-state index contributed by atoms with van der Waals surface area (Å²) < 4.78 is 37.9. The molecule has 0 spiro atoms. The van der Waals surface area contributed by atoms with E-state index in [4.69, 9.17) is 0 Å². The molecule has 1 aromatic heterocycles. The van der Waals surface area contributed by atoms with E-state index in [0.29, 0.717) is 25.6 Å². The largest absolute Gasteiger partial charge is 0.433 e. The van der Waals surface area contributed by atoms with E-state index in [1.165, 1.54) is 0 Å². The zero-order valence-corrected chi connectivity index (χ0v) is 17.4. The molecule has 0 unspecified atom stereocenters. The highest BCUT2D eigenvalue weighted by molar-refractivity contribution is 14.0. The van der Waals surface area contributed by atoms with E-state index in [0.717, 1.165) is 37.9 Å². The average molecular weight is 502 g/mol. The van der Waals surface area contributed by atoms with Crippen molar-refractivity contribution in [3.05, 3.63) is 18.0 Å². The molecule has 1 aliphatic rings. The number of aromatic nitrogens is 2. The first-order chi connectivity index (χ1) is 12.4. The lowest BCUT2D eigenvalue weighted by molar-refractivity contribution is -0.141.